The standard InChI is InChI=1S/C16H12N2S2/c1-10-15(11-5-2-3-6-12(11)17-10)16-18-13(9-20-16)14-7-4-8-19-14/h2-9,17H,1H3. The Labute approximate surface area is 124 Å². The molecule has 1 N–H and O–H groups in total. The third kappa shape index (κ3) is 1.80. The van der Waals surface area contributed by atoms with Crippen molar-refractivity contribution in [1.82, 2.24) is 9.97 Å². The highest BCUT2D eigenvalue weighted by molar-refractivity contribution is 7.15. The molecule has 3 heterocycles. The van der Waals surface area contributed by atoms with Crippen LogP contribution < -0.4 is 0 Å². The molecule has 0 atom stereocenters. The maximum Gasteiger partial charge on any atom is 0.126 e. The summed E-state index contributed by atoms with van der Waals surface area (Å²) < 4.78 is 0. The number of fused-ring (bicyclic) bond motifs is 1. The lowest BCUT2D eigenvalue weighted by atomic mass is 10.1. The van der Waals surface area contributed by atoms with Crippen molar-refractivity contribution in [3.8, 4) is 21.1 Å². The zero-order chi connectivity index (χ0) is 13.5. The number of thiazole rings is 1. The van der Waals surface area contributed by atoms with Crippen LogP contribution in [0.2, 0.25) is 0 Å². The molecule has 0 bridgehead atoms. The summed E-state index contributed by atoms with van der Waals surface area (Å²) in [5.41, 5.74) is 4.66. The zero-order valence-corrected chi connectivity index (χ0v) is 12.5. The number of benzene rings is 1. The number of hydrogen-bond acceptors (Lipinski definition) is 3. The Hall–Kier alpha value is -1.91. The predicted octanol–water partition coefficient (Wildman–Crippen LogP) is 5.33. The molecule has 20 heavy (non-hydrogen) atoms. The van der Waals surface area contributed by atoms with Gasteiger partial charge in [-0.05, 0) is 24.4 Å². The van der Waals surface area contributed by atoms with Crippen LogP contribution in [0.1, 0.15) is 5.69 Å². The molecular formula is C16H12N2S2. The van der Waals surface area contributed by atoms with Crippen molar-refractivity contribution >= 4 is 33.6 Å². The molecule has 0 amide bonds. The van der Waals surface area contributed by atoms with Gasteiger partial charge in [0.2, 0.25) is 0 Å². The van der Waals surface area contributed by atoms with E-state index < -0.39 is 0 Å². The van der Waals surface area contributed by atoms with Crippen molar-refractivity contribution in [3.05, 3.63) is 52.9 Å². The zero-order valence-electron chi connectivity index (χ0n) is 10.9. The average molecular weight is 296 g/mol. The van der Waals surface area contributed by atoms with Crippen LogP contribution in [0.3, 0.4) is 0 Å². The summed E-state index contributed by atoms with van der Waals surface area (Å²) in [4.78, 5) is 9.48. The van der Waals surface area contributed by atoms with Gasteiger partial charge in [0.1, 0.15) is 5.01 Å². The Morgan fingerprint density at radius 1 is 1.05 bits per heavy atom. The second-order valence-electron chi connectivity index (χ2n) is 4.69. The fraction of sp³-hybridized carbons (Fsp3) is 0.0625. The highest BCUT2D eigenvalue weighted by Gasteiger charge is 2.14. The Kier molecular flexibility index (Phi) is 2.72. The normalized spacial score (nSPS) is 11.2. The number of aromatic nitrogens is 2. The largest absolute Gasteiger partial charge is 0.358 e. The van der Waals surface area contributed by atoms with Gasteiger partial charge < -0.3 is 4.98 Å². The van der Waals surface area contributed by atoms with Gasteiger partial charge in [-0.3, -0.25) is 0 Å². The van der Waals surface area contributed by atoms with Crippen LogP contribution >= 0.6 is 22.7 Å². The lowest BCUT2D eigenvalue weighted by molar-refractivity contribution is 1.29. The minimum Gasteiger partial charge on any atom is -0.358 e. The van der Waals surface area contributed by atoms with E-state index in [2.05, 4.69) is 59.1 Å². The van der Waals surface area contributed by atoms with Gasteiger partial charge in [-0.2, -0.15) is 0 Å². The second-order valence-corrected chi connectivity index (χ2v) is 6.49. The highest BCUT2D eigenvalue weighted by Crippen LogP contribution is 2.36. The summed E-state index contributed by atoms with van der Waals surface area (Å²) in [5, 5.41) is 6.56. The first kappa shape index (κ1) is 11.9. The van der Waals surface area contributed by atoms with Crippen LogP contribution in [0.5, 0.6) is 0 Å². The van der Waals surface area contributed by atoms with Crippen LogP contribution in [0.25, 0.3) is 32.0 Å². The minimum atomic E-state index is 1.07. The molecule has 0 saturated heterocycles. The molecule has 0 spiro atoms. The summed E-state index contributed by atoms with van der Waals surface area (Å²) in [6.07, 6.45) is 0. The van der Waals surface area contributed by atoms with Gasteiger partial charge in [0, 0.05) is 27.5 Å². The van der Waals surface area contributed by atoms with Gasteiger partial charge in [0.15, 0.2) is 0 Å². The number of H-pyrrole nitrogens is 1. The van der Waals surface area contributed by atoms with E-state index in [4.69, 9.17) is 4.98 Å². The number of rotatable bonds is 2. The molecule has 4 aromatic rings. The van der Waals surface area contributed by atoms with Crippen LogP contribution in [-0.4, -0.2) is 9.97 Å². The Bertz CT molecular complexity index is 869. The van der Waals surface area contributed by atoms with Crippen molar-refractivity contribution < 1.29 is 0 Å². The van der Waals surface area contributed by atoms with E-state index in [1.807, 2.05) is 0 Å². The molecule has 0 radical (unpaired) electrons. The number of nitrogens with one attached hydrogen (secondary N) is 1. The lowest BCUT2D eigenvalue weighted by Gasteiger charge is -1.96. The first-order valence-electron chi connectivity index (χ1n) is 6.40. The van der Waals surface area contributed by atoms with Crippen molar-refractivity contribution in [3.63, 3.8) is 0 Å². The number of aryl methyl sites for hydroxylation is 1. The number of thiophene rings is 1. The van der Waals surface area contributed by atoms with Crippen molar-refractivity contribution in [1.29, 1.82) is 0 Å². The number of hydrogen-bond donors (Lipinski definition) is 1. The molecular weight excluding hydrogens is 284 g/mol. The first-order chi connectivity index (χ1) is 9.83. The average Bonchev–Trinajstić information content (AvgIpc) is 3.16. The molecule has 0 aliphatic heterocycles. The first-order valence-corrected chi connectivity index (χ1v) is 8.16. The number of aromatic amines is 1. The third-order valence-electron chi connectivity index (χ3n) is 3.39. The van der Waals surface area contributed by atoms with Crippen LogP contribution in [0, 0.1) is 6.92 Å². The molecule has 0 saturated carbocycles. The summed E-state index contributed by atoms with van der Waals surface area (Å²) >= 11 is 3.44. The highest BCUT2D eigenvalue weighted by atomic mass is 32.1. The maximum atomic E-state index is 4.82. The third-order valence-corrected chi connectivity index (χ3v) is 5.14. The van der Waals surface area contributed by atoms with E-state index in [-0.39, 0.29) is 0 Å². The SMILES string of the molecule is Cc1[nH]c2ccccc2c1-c1nc(-c2cccs2)cs1. The molecule has 4 rings (SSSR count). The molecule has 4 heteroatoms. The smallest absolute Gasteiger partial charge is 0.126 e. The van der Waals surface area contributed by atoms with E-state index in [9.17, 15) is 0 Å². The molecule has 3 aromatic heterocycles. The van der Waals surface area contributed by atoms with E-state index in [1.54, 1.807) is 22.7 Å². The van der Waals surface area contributed by atoms with Crippen molar-refractivity contribution in [2.45, 2.75) is 6.92 Å². The summed E-state index contributed by atoms with van der Waals surface area (Å²) in [6, 6.07) is 12.6. The van der Waals surface area contributed by atoms with Crippen LogP contribution in [-0.2, 0) is 0 Å². The molecule has 0 aliphatic carbocycles. The van der Waals surface area contributed by atoms with E-state index in [0.717, 1.165) is 10.7 Å². The van der Waals surface area contributed by atoms with E-state index in [0.29, 0.717) is 0 Å². The fourth-order valence-corrected chi connectivity index (χ4v) is 4.17. The van der Waals surface area contributed by atoms with Gasteiger partial charge in [-0.15, -0.1) is 22.7 Å². The molecule has 1 aromatic carbocycles. The molecule has 98 valence electrons. The number of nitrogens with zero attached hydrogens (tertiary/aromatic N) is 1. The van der Waals surface area contributed by atoms with Gasteiger partial charge in [0.25, 0.3) is 0 Å². The maximum absolute atomic E-state index is 4.82. The van der Waals surface area contributed by atoms with Crippen LogP contribution in [0.4, 0.5) is 0 Å². The topological polar surface area (TPSA) is 28.7 Å². The quantitative estimate of drug-likeness (QED) is 0.532. The lowest BCUT2D eigenvalue weighted by Crippen LogP contribution is -1.79. The Balaban J connectivity index is 1.90. The Morgan fingerprint density at radius 3 is 2.80 bits per heavy atom. The summed E-state index contributed by atoms with van der Waals surface area (Å²) in [5.74, 6) is 0. The van der Waals surface area contributed by atoms with Gasteiger partial charge >= 0.3 is 0 Å². The Morgan fingerprint density at radius 2 is 1.95 bits per heavy atom. The predicted molar refractivity (Wildman–Crippen MR) is 87.5 cm³/mol. The minimum absolute atomic E-state index is 1.07. The number of para-hydroxylation sites is 1. The molecule has 0 aliphatic rings. The molecule has 0 fully saturated rings. The monoisotopic (exact) mass is 296 g/mol. The summed E-state index contributed by atoms with van der Waals surface area (Å²) in [6.45, 7) is 2.11. The van der Waals surface area contributed by atoms with Crippen LogP contribution in [0.15, 0.2) is 47.2 Å². The van der Waals surface area contributed by atoms with Gasteiger partial charge in [0.05, 0.1) is 10.6 Å². The van der Waals surface area contributed by atoms with Crippen molar-refractivity contribution in [2.75, 3.05) is 0 Å². The second kappa shape index (κ2) is 4.58. The van der Waals surface area contributed by atoms with E-state index in [1.165, 1.54) is 27.0 Å². The molecule has 0 unspecified atom stereocenters. The fourth-order valence-electron chi connectivity index (χ4n) is 2.48. The van der Waals surface area contributed by atoms with Crippen molar-refractivity contribution in [2.24, 2.45) is 0 Å². The van der Waals surface area contributed by atoms with Gasteiger partial charge in [-0.1, -0.05) is 24.3 Å². The van der Waals surface area contributed by atoms with E-state index >= 15 is 0 Å². The molecule has 2 nitrogen and oxygen atoms in total. The van der Waals surface area contributed by atoms with Gasteiger partial charge in [-0.25, -0.2) is 4.98 Å². The summed E-state index contributed by atoms with van der Waals surface area (Å²) in [7, 11) is 0.